The Bertz CT molecular complexity index is 1570. The van der Waals surface area contributed by atoms with Crippen LogP contribution in [-0.2, 0) is 7.05 Å². The van der Waals surface area contributed by atoms with Gasteiger partial charge < -0.3 is 10.6 Å². The van der Waals surface area contributed by atoms with Gasteiger partial charge >= 0.3 is 0 Å². The van der Waals surface area contributed by atoms with E-state index >= 15 is 0 Å². The van der Waals surface area contributed by atoms with Crippen molar-refractivity contribution in [1.29, 1.82) is 0 Å². The molecule has 4 nitrogen and oxygen atoms in total. The molecular formula is C27H22BN4+. The highest BCUT2D eigenvalue weighted by atomic mass is 15.1. The molecular weight excluding hydrogens is 391 g/mol. The Morgan fingerprint density at radius 1 is 0.719 bits per heavy atom. The summed E-state index contributed by atoms with van der Waals surface area (Å²) in [5.74, 6) is 1.12. The predicted molar refractivity (Wildman–Crippen MR) is 134 cm³/mol. The molecule has 0 bridgehead atoms. The van der Waals surface area contributed by atoms with E-state index in [-0.39, 0.29) is 6.71 Å². The van der Waals surface area contributed by atoms with E-state index in [1.54, 1.807) is 0 Å². The van der Waals surface area contributed by atoms with Gasteiger partial charge in [-0.25, -0.2) is 9.55 Å². The highest BCUT2D eigenvalue weighted by Gasteiger charge is 2.39. The maximum absolute atomic E-state index is 3.78. The van der Waals surface area contributed by atoms with Crippen molar-refractivity contribution in [2.24, 2.45) is 7.05 Å². The molecule has 0 radical (unpaired) electrons. The first-order valence-corrected chi connectivity index (χ1v) is 11.1. The highest BCUT2D eigenvalue weighted by Crippen LogP contribution is 2.33. The molecule has 0 fully saturated rings. The van der Waals surface area contributed by atoms with Gasteiger partial charge in [0.25, 0.3) is 12.5 Å². The fraction of sp³-hybridized carbons (Fsp3) is 0.0741. The zero-order valence-electron chi connectivity index (χ0n) is 18.0. The van der Waals surface area contributed by atoms with E-state index in [4.69, 9.17) is 0 Å². The van der Waals surface area contributed by atoms with Crippen LogP contribution >= 0.6 is 0 Å². The van der Waals surface area contributed by atoms with Gasteiger partial charge in [0.1, 0.15) is 0 Å². The van der Waals surface area contributed by atoms with E-state index in [2.05, 4.69) is 113 Å². The van der Waals surface area contributed by atoms with Gasteiger partial charge in [-0.3, -0.25) is 0 Å². The van der Waals surface area contributed by atoms with Crippen molar-refractivity contribution in [3.05, 3.63) is 84.4 Å². The van der Waals surface area contributed by atoms with Gasteiger partial charge in [-0.2, -0.15) is 0 Å². The third-order valence-corrected chi connectivity index (χ3v) is 7.06. The van der Waals surface area contributed by atoms with Crippen molar-refractivity contribution in [2.45, 2.75) is 6.92 Å². The first-order valence-electron chi connectivity index (χ1n) is 11.1. The van der Waals surface area contributed by atoms with Crippen LogP contribution in [0.2, 0.25) is 0 Å². The summed E-state index contributed by atoms with van der Waals surface area (Å²) in [5.41, 5.74) is 13.5. The monoisotopic (exact) mass is 413 g/mol. The molecule has 5 heteroatoms. The minimum Gasteiger partial charge on any atom is -0.356 e. The number of aryl methyl sites for hydroxylation is 2. The Labute approximate surface area is 187 Å². The molecule has 0 spiro atoms. The van der Waals surface area contributed by atoms with Crippen molar-refractivity contribution < 1.29 is 4.57 Å². The van der Waals surface area contributed by atoms with Crippen LogP contribution in [0.3, 0.4) is 0 Å². The molecule has 0 saturated heterocycles. The highest BCUT2D eigenvalue weighted by molar-refractivity contribution is 7.00. The number of hydrogen-bond donors (Lipinski definition) is 3. The van der Waals surface area contributed by atoms with Crippen LogP contribution in [0.1, 0.15) is 5.56 Å². The smallest absolute Gasteiger partial charge is 0.287 e. The van der Waals surface area contributed by atoms with E-state index < -0.39 is 0 Å². The summed E-state index contributed by atoms with van der Waals surface area (Å²) in [6.45, 7) is 2.37. The van der Waals surface area contributed by atoms with Crippen LogP contribution in [0.15, 0.2) is 78.9 Å². The molecule has 1 aromatic heterocycles. The molecule has 152 valence electrons. The number of nitrogens with one attached hydrogen (secondary N) is 3. The molecule has 4 aromatic carbocycles. The van der Waals surface area contributed by atoms with Crippen LogP contribution in [0.5, 0.6) is 0 Å². The number of anilines is 4. The summed E-state index contributed by atoms with van der Waals surface area (Å²) >= 11 is 0. The average Bonchev–Trinajstić information content (AvgIpc) is 3.16. The van der Waals surface area contributed by atoms with E-state index in [0.717, 1.165) is 11.3 Å². The molecule has 0 aliphatic carbocycles. The number of para-hydroxylation sites is 1. The summed E-state index contributed by atoms with van der Waals surface area (Å²) in [6, 6.07) is 28.3. The van der Waals surface area contributed by atoms with Gasteiger partial charge in [-0.15, -0.1) is 0 Å². The number of hydrogen-bond acceptors (Lipinski definition) is 2. The number of aromatic amines is 1. The van der Waals surface area contributed by atoms with E-state index in [9.17, 15) is 0 Å². The largest absolute Gasteiger partial charge is 0.356 e. The minimum atomic E-state index is 0.204. The van der Waals surface area contributed by atoms with Gasteiger partial charge in [0.2, 0.25) is 0 Å². The Morgan fingerprint density at radius 3 is 2.34 bits per heavy atom. The first-order chi connectivity index (χ1) is 15.7. The molecule has 0 unspecified atom stereocenters. The Hall–Kier alpha value is -3.99. The molecule has 0 atom stereocenters. The number of aromatic nitrogens is 2. The maximum atomic E-state index is 3.78. The molecule has 0 amide bonds. The van der Waals surface area contributed by atoms with Crippen LogP contribution < -0.4 is 31.6 Å². The Balaban J connectivity index is 1.52. The summed E-state index contributed by atoms with van der Waals surface area (Å²) in [5, 5.41) is 7.41. The van der Waals surface area contributed by atoms with Crippen molar-refractivity contribution in [2.75, 3.05) is 10.6 Å². The van der Waals surface area contributed by atoms with E-state index in [0.29, 0.717) is 0 Å². The number of benzene rings is 4. The topological polar surface area (TPSA) is 43.7 Å². The lowest BCUT2D eigenvalue weighted by molar-refractivity contribution is -0.633. The second-order valence-corrected chi connectivity index (χ2v) is 8.81. The van der Waals surface area contributed by atoms with Crippen molar-refractivity contribution in [3.8, 4) is 11.4 Å². The summed E-state index contributed by atoms with van der Waals surface area (Å²) in [6.07, 6.45) is 0. The van der Waals surface area contributed by atoms with Gasteiger partial charge in [0, 0.05) is 17.1 Å². The first kappa shape index (κ1) is 17.7. The van der Waals surface area contributed by atoms with Crippen molar-refractivity contribution in [3.63, 3.8) is 0 Å². The number of rotatable bonds is 1. The molecule has 2 aliphatic heterocycles. The summed E-state index contributed by atoms with van der Waals surface area (Å²) < 4.78 is 2.27. The van der Waals surface area contributed by atoms with Crippen LogP contribution in [0, 0.1) is 6.92 Å². The van der Waals surface area contributed by atoms with Gasteiger partial charge in [0.15, 0.2) is 11.0 Å². The van der Waals surface area contributed by atoms with Crippen molar-refractivity contribution in [1.82, 2.24) is 4.98 Å². The van der Waals surface area contributed by atoms with Gasteiger partial charge in [0.05, 0.1) is 18.3 Å². The molecule has 0 saturated carbocycles. The van der Waals surface area contributed by atoms with E-state index in [1.807, 2.05) is 0 Å². The normalized spacial score (nSPS) is 13.1. The predicted octanol–water partition coefficient (Wildman–Crippen LogP) is 3.60. The third-order valence-electron chi connectivity index (χ3n) is 7.06. The maximum Gasteiger partial charge on any atom is 0.287 e. The minimum absolute atomic E-state index is 0.204. The zero-order chi connectivity index (χ0) is 21.4. The third kappa shape index (κ3) is 2.25. The molecule has 32 heavy (non-hydrogen) atoms. The standard InChI is InChI=1S/C27H21BN4/c1-16-8-3-4-9-17(16)27-31-26-23(32(27)2)15-14-19-25(26)30-22-13-7-12-21-24(22)28(19)18-10-5-6-11-20(18)29-21/h3-15,29-30H,1-2H3/p+1. The lowest BCUT2D eigenvalue weighted by Crippen LogP contribution is -2.59. The number of H-pyrrole nitrogens is 1. The van der Waals surface area contributed by atoms with Gasteiger partial charge in [-0.1, -0.05) is 48.5 Å². The van der Waals surface area contributed by atoms with Crippen LogP contribution in [0.25, 0.3) is 22.4 Å². The molecule has 7 rings (SSSR count). The average molecular weight is 413 g/mol. The lowest BCUT2D eigenvalue weighted by Gasteiger charge is -2.34. The fourth-order valence-electron chi connectivity index (χ4n) is 5.51. The zero-order valence-corrected chi connectivity index (χ0v) is 18.0. The van der Waals surface area contributed by atoms with Crippen LogP contribution in [0.4, 0.5) is 22.7 Å². The summed E-state index contributed by atoms with van der Waals surface area (Å²) in [4.78, 5) is 3.77. The summed E-state index contributed by atoms with van der Waals surface area (Å²) in [7, 11) is 2.14. The number of nitrogens with zero attached hydrogens (tertiary/aromatic N) is 1. The van der Waals surface area contributed by atoms with Crippen LogP contribution in [-0.4, -0.2) is 11.7 Å². The number of imidazole rings is 1. The lowest BCUT2D eigenvalue weighted by atomic mass is 9.34. The second-order valence-electron chi connectivity index (χ2n) is 8.81. The SMILES string of the molecule is Cc1ccccc1-c1[nH]c2c3c(ccc2[n+]1C)B1c2ccccc2Nc2cccc(c21)N3. The van der Waals surface area contributed by atoms with E-state index in [1.165, 1.54) is 55.8 Å². The molecule has 2 aliphatic rings. The van der Waals surface area contributed by atoms with Gasteiger partial charge in [-0.05, 0) is 59.2 Å². The Morgan fingerprint density at radius 2 is 1.47 bits per heavy atom. The second kappa shape index (κ2) is 6.27. The molecule has 3 N–H and O–H groups in total. The fourth-order valence-corrected chi connectivity index (χ4v) is 5.51. The molecule has 5 aromatic rings. The Kier molecular flexibility index (Phi) is 3.46. The van der Waals surface area contributed by atoms with Crippen molar-refractivity contribution >= 4 is 56.9 Å². The quantitative estimate of drug-likeness (QED) is 0.285. The molecule has 3 heterocycles. The number of fused-ring (bicyclic) bond motifs is 6.